The molecule has 12 heteroatoms. The van der Waals surface area contributed by atoms with Crippen molar-refractivity contribution in [1.29, 1.82) is 0 Å². The van der Waals surface area contributed by atoms with Crippen LogP contribution in [0.1, 0.15) is 50.4 Å². The van der Waals surface area contributed by atoms with Crippen LogP contribution in [0, 0.1) is 5.92 Å². The standard InChI is InChI=1S/C33H46N6O6/c1-5-45-30(41)11-7-6-9-27(35-31(42)25-12-14-26(15-13-25)38-21-19-37(4)20-22-38)32(43)36-28-10-8-18-39(33(28)44)23-29(40)34-17-16-24(2)3/h7-8,10-15,18,24,27H,5-6,9,16-17,19-23H2,1-4H3,(H,34,40)(H,35,42)(H,36,43). The zero-order valence-electron chi connectivity index (χ0n) is 26.7. The Labute approximate surface area is 264 Å². The van der Waals surface area contributed by atoms with E-state index in [1.54, 1.807) is 31.2 Å². The molecular formula is C33H46N6O6. The van der Waals surface area contributed by atoms with E-state index in [1.165, 1.54) is 22.9 Å². The average Bonchev–Trinajstić information content (AvgIpc) is 3.01. The minimum atomic E-state index is -1.02. The highest BCUT2D eigenvalue weighted by Gasteiger charge is 2.23. The number of carbonyl (C=O) groups excluding carboxylic acids is 4. The summed E-state index contributed by atoms with van der Waals surface area (Å²) >= 11 is 0. The summed E-state index contributed by atoms with van der Waals surface area (Å²) < 4.78 is 6.11. The molecule has 244 valence electrons. The van der Waals surface area contributed by atoms with Gasteiger partial charge >= 0.3 is 5.97 Å². The molecule has 1 aliphatic heterocycles. The Hall–Kier alpha value is -4.45. The summed E-state index contributed by atoms with van der Waals surface area (Å²) in [7, 11) is 2.09. The first-order chi connectivity index (χ1) is 21.6. The van der Waals surface area contributed by atoms with Crippen molar-refractivity contribution >= 4 is 35.1 Å². The molecule has 1 atom stereocenters. The smallest absolute Gasteiger partial charge is 0.330 e. The summed E-state index contributed by atoms with van der Waals surface area (Å²) in [4.78, 5) is 68.3. The zero-order chi connectivity index (χ0) is 32.8. The van der Waals surface area contributed by atoms with Gasteiger partial charge in [0.15, 0.2) is 0 Å². The lowest BCUT2D eigenvalue weighted by Crippen LogP contribution is -2.45. The number of allylic oxidation sites excluding steroid dienone is 1. The summed E-state index contributed by atoms with van der Waals surface area (Å²) in [6.45, 7) is 10.1. The number of nitrogens with one attached hydrogen (secondary N) is 3. The number of hydrogen-bond acceptors (Lipinski definition) is 8. The third-order valence-electron chi connectivity index (χ3n) is 7.42. The molecule has 0 radical (unpaired) electrons. The maximum atomic E-state index is 13.4. The molecule has 1 aliphatic rings. The van der Waals surface area contributed by atoms with Gasteiger partial charge in [0.25, 0.3) is 11.5 Å². The normalized spacial score (nSPS) is 14.3. The minimum Gasteiger partial charge on any atom is -0.463 e. The fourth-order valence-corrected chi connectivity index (χ4v) is 4.72. The second-order valence-electron chi connectivity index (χ2n) is 11.5. The molecule has 45 heavy (non-hydrogen) atoms. The van der Waals surface area contributed by atoms with Crippen molar-refractivity contribution in [3.63, 3.8) is 0 Å². The van der Waals surface area contributed by atoms with Crippen LogP contribution in [0.3, 0.4) is 0 Å². The third kappa shape index (κ3) is 11.5. The largest absolute Gasteiger partial charge is 0.463 e. The molecule has 1 fully saturated rings. The molecule has 1 unspecified atom stereocenters. The average molecular weight is 623 g/mol. The molecule has 2 aromatic rings. The fourth-order valence-electron chi connectivity index (χ4n) is 4.72. The number of aromatic nitrogens is 1. The van der Waals surface area contributed by atoms with Crippen molar-refractivity contribution in [1.82, 2.24) is 20.1 Å². The first kappa shape index (κ1) is 35.0. The fraction of sp³-hybridized carbons (Fsp3) is 0.485. The number of piperazine rings is 1. The van der Waals surface area contributed by atoms with Gasteiger partial charge in [-0.1, -0.05) is 19.9 Å². The molecule has 0 aliphatic carbocycles. The number of amides is 3. The number of rotatable bonds is 15. The highest BCUT2D eigenvalue weighted by molar-refractivity contribution is 6.01. The van der Waals surface area contributed by atoms with Crippen molar-refractivity contribution in [3.8, 4) is 0 Å². The SMILES string of the molecule is CCOC(=O)C=CCCC(NC(=O)c1ccc(N2CCN(C)CC2)cc1)C(=O)Nc1cccn(CC(=O)NCCC(C)C)c1=O. The number of pyridine rings is 1. The molecule has 12 nitrogen and oxygen atoms in total. The molecule has 0 spiro atoms. The van der Waals surface area contributed by atoms with Crippen molar-refractivity contribution < 1.29 is 23.9 Å². The molecular weight excluding hydrogens is 576 g/mol. The highest BCUT2D eigenvalue weighted by Crippen LogP contribution is 2.17. The van der Waals surface area contributed by atoms with Gasteiger partial charge in [0, 0.05) is 56.2 Å². The Morgan fingerprint density at radius 3 is 2.38 bits per heavy atom. The van der Waals surface area contributed by atoms with Gasteiger partial charge in [0.2, 0.25) is 11.8 Å². The number of esters is 1. The molecule has 1 aromatic heterocycles. The summed E-state index contributed by atoms with van der Waals surface area (Å²) in [5.41, 5.74) is 0.845. The molecule has 1 saturated heterocycles. The van der Waals surface area contributed by atoms with E-state index in [0.29, 0.717) is 18.0 Å². The maximum absolute atomic E-state index is 13.4. The Balaban J connectivity index is 1.70. The van der Waals surface area contributed by atoms with Crippen LogP contribution in [0.2, 0.25) is 0 Å². The number of carbonyl (C=O) groups is 4. The van der Waals surface area contributed by atoms with Gasteiger partial charge in [-0.15, -0.1) is 0 Å². The summed E-state index contributed by atoms with van der Waals surface area (Å²) in [5.74, 6) is -1.42. The van der Waals surface area contributed by atoms with Crippen LogP contribution in [0.5, 0.6) is 0 Å². The van der Waals surface area contributed by atoms with Crippen molar-refractivity contribution in [3.05, 3.63) is 70.7 Å². The summed E-state index contributed by atoms with van der Waals surface area (Å²) in [5, 5.41) is 8.19. The van der Waals surface area contributed by atoms with E-state index in [4.69, 9.17) is 4.74 Å². The Kier molecular flexibility index (Phi) is 13.8. The number of likely N-dealkylation sites (N-methyl/N-ethyl adjacent to an activating group) is 1. The van der Waals surface area contributed by atoms with Crippen LogP contribution in [0.25, 0.3) is 0 Å². The first-order valence-corrected chi connectivity index (χ1v) is 15.5. The third-order valence-corrected chi connectivity index (χ3v) is 7.42. The van der Waals surface area contributed by atoms with Gasteiger partial charge < -0.3 is 35.1 Å². The quantitative estimate of drug-likeness (QED) is 0.203. The highest BCUT2D eigenvalue weighted by atomic mass is 16.5. The molecule has 1 aromatic carbocycles. The van der Waals surface area contributed by atoms with Gasteiger partial charge in [0.1, 0.15) is 18.3 Å². The molecule has 3 amide bonds. The van der Waals surface area contributed by atoms with E-state index < -0.39 is 29.4 Å². The van der Waals surface area contributed by atoms with E-state index in [0.717, 1.165) is 38.3 Å². The summed E-state index contributed by atoms with van der Waals surface area (Å²) in [6, 6.07) is 9.22. The lowest BCUT2D eigenvalue weighted by Gasteiger charge is -2.34. The van der Waals surface area contributed by atoms with Crippen LogP contribution in [0.4, 0.5) is 11.4 Å². The Morgan fingerprint density at radius 1 is 1.00 bits per heavy atom. The van der Waals surface area contributed by atoms with Crippen molar-refractivity contribution in [2.75, 3.05) is 56.6 Å². The van der Waals surface area contributed by atoms with Gasteiger partial charge in [-0.2, -0.15) is 0 Å². The first-order valence-electron chi connectivity index (χ1n) is 15.5. The lowest BCUT2D eigenvalue weighted by atomic mass is 10.1. The molecule has 0 saturated carbocycles. The second-order valence-corrected chi connectivity index (χ2v) is 11.5. The van der Waals surface area contributed by atoms with E-state index in [9.17, 15) is 24.0 Å². The molecule has 0 bridgehead atoms. The number of hydrogen-bond donors (Lipinski definition) is 3. The Morgan fingerprint density at radius 2 is 1.71 bits per heavy atom. The van der Waals surface area contributed by atoms with Crippen molar-refractivity contribution in [2.45, 2.75) is 52.6 Å². The minimum absolute atomic E-state index is 0.0182. The van der Waals surface area contributed by atoms with E-state index in [-0.39, 0.29) is 37.6 Å². The molecule has 2 heterocycles. The van der Waals surface area contributed by atoms with Crippen molar-refractivity contribution in [2.24, 2.45) is 5.92 Å². The number of benzene rings is 1. The number of nitrogens with zero attached hydrogens (tertiary/aromatic N) is 3. The monoisotopic (exact) mass is 622 g/mol. The number of ether oxygens (including phenoxy) is 1. The van der Waals surface area contributed by atoms with Crippen LogP contribution >= 0.6 is 0 Å². The molecule has 3 N–H and O–H groups in total. The summed E-state index contributed by atoms with van der Waals surface area (Å²) in [6.07, 6.45) is 5.59. The van der Waals surface area contributed by atoms with Gasteiger partial charge in [0.05, 0.1) is 6.61 Å². The van der Waals surface area contributed by atoms with Gasteiger partial charge in [-0.25, -0.2) is 4.79 Å². The second kappa shape index (κ2) is 17.7. The Bertz CT molecular complexity index is 1380. The molecule has 3 rings (SSSR count). The maximum Gasteiger partial charge on any atom is 0.330 e. The topological polar surface area (TPSA) is 142 Å². The predicted molar refractivity (Wildman–Crippen MR) is 174 cm³/mol. The van der Waals surface area contributed by atoms with Crippen LogP contribution < -0.4 is 26.4 Å². The van der Waals surface area contributed by atoms with E-state index >= 15 is 0 Å². The zero-order valence-corrected chi connectivity index (χ0v) is 26.7. The van der Waals surface area contributed by atoms with E-state index in [1.807, 2.05) is 12.1 Å². The van der Waals surface area contributed by atoms with Gasteiger partial charge in [-0.3, -0.25) is 19.2 Å². The van der Waals surface area contributed by atoms with Gasteiger partial charge in [-0.05, 0) is 75.5 Å². The predicted octanol–water partition coefficient (Wildman–Crippen LogP) is 2.40. The van der Waals surface area contributed by atoms with Crippen LogP contribution in [-0.2, 0) is 25.7 Å². The van der Waals surface area contributed by atoms with Crippen LogP contribution in [-0.4, -0.2) is 85.6 Å². The van der Waals surface area contributed by atoms with Crippen LogP contribution in [0.15, 0.2) is 59.5 Å². The number of anilines is 2. The van der Waals surface area contributed by atoms with E-state index in [2.05, 4.69) is 46.6 Å². The lowest BCUT2D eigenvalue weighted by molar-refractivity contribution is -0.137.